The molecule has 19 heavy (non-hydrogen) atoms. The van der Waals surface area contributed by atoms with Gasteiger partial charge in [0.15, 0.2) is 0 Å². The van der Waals surface area contributed by atoms with Crippen molar-refractivity contribution < 1.29 is 4.79 Å². The topological polar surface area (TPSA) is 57.8 Å². The Bertz CT molecular complexity index is 718. The monoisotopic (exact) mass is 271 g/mol. The van der Waals surface area contributed by atoms with Crippen molar-refractivity contribution in [3.8, 4) is 0 Å². The molecule has 0 aliphatic heterocycles. The predicted octanol–water partition coefficient (Wildman–Crippen LogP) is 3.47. The highest BCUT2D eigenvalue weighted by atomic mass is 35.5. The van der Waals surface area contributed by atoms with E-state index >= 15 is 0 Å². The number of halogens is 1. The molecular weight excluding hydrogens is 262 g/mol. The SMILES string of the molecule is O=C(Nc1cc(Cl)ccn1)c1cc2ccccc2[nH]1. The molecule has 1 amide bonds. The van der Waals surface area contributed by atoms with Crippen LogP contribution >= 0.6 is 11.6 Å². The molecule has 3 rings (SSSR count). The third-order valence-electron chi connectivity index (χ3n) is 2.74. The van der Waals surface area contributed by atoms with Crippen LogP contribution in [0, 0.1) is 0 Å². The number of hydrogen-bond acceptors (Lipinski definition) is 2. The molecule has 0 aliphatic carbocycles. The minimum absolute atomic E-state index is 0.244. The maximum atomic E-state index is 12.1. The van der Waals surface area contributed by atoms with Crippen molar-refractivity contribution in [1.29, 1.82) is 0 Å². The van der Waals surface area contributed by atoms with Crippen molar-refractivity contribution in [1.82, 2.24) is 9.97 Å². The van der Waals surface area contributed by atoms with E-state index in [-0.39, 0.29) is 5.91 Å². The molecule has 0 saturated heterocycles. The zero-order chi connectivity index (χ0) is 13.2. The Hall–Kier alpha value is -2.33. The summed E-state index contributed by atoms with van der Waals surface area (Å²) in [5.41, 5.74) is 1.41. The second kappa shape index (κ2) is 4.74. The third kappa shape index (κ3) is 2.44. The second-order valence-corrected chi connectivity index (χ2v) is 4.52. The molecule has 0 spiro atoms. The first kappa shape index (κ1) is 11.7. The van der Waals surface area contributed by atoms with Crippen molar-refractivity contribution in [3.05, 3.63) is 59.4 Å². The van der Waals surface area contributed by atoms with E-state index in [1.54, 1.807) is 24.4 Å². The van der Waals surface area contributed by atoms with Gasteiger partial charge in [-0.2, -0.15) is 0 Å². The van der Waals surface area contributed by atoms with Gasteiger partial charge in [0, 0.05) is 22.1 Å². The summed E-state index contributed by atoms with van der Waals surface area (Å²) in [5, 5.41) is 4.22. The van der Waals surface area contributed by atoms with Gasteiger partial charge in [-0.1, -0.05) is 29.8 Å². The van der Waals surface area contributed by atoms with E-state index in [1.807, 2.05) is 24.3 Å². The fourth-order valence-corrected chi connectivity index (χ4v) is 2.01. The smallest absolute Gasteiger partial charge is 0.273 e. The molecular formula is C14H10ClN3O. The highest BCUT2D eigenvalue weighted by Gasteiger charge is 2.10. The average Bonchev–Trinajstić information content (AvgIpc) is 2.82. The number of carbonyl (C=O) groups is 1. The van der Waals surface area contributed by atoms with E-state index < -0.39 is 0 Å². The van der Waals surface area contributed by atoms with Crippen LogP contribution in [-0.2, 0) is 0 Å². The van der Waals surface area contributed by atoms with Crippen LogP contribution in [0.3, 0.4) is 0 Å². The van der Waals surface area contributed by atoms with E-state index in [9.17, 15) is 4.79 Å². The molecule has 3 aromatic rings. The lowest BCUT2D eigenvalue weighted by Gasteiger charge is -2.02. The van der Waals surface area contributed by atoms with Crippen molar-refractivity contribution in [3.63, 3.8) is 0 Å². The van der Waals surface area contributed by atoms with Crippen LogP contribution in [0.25, 0.3) is 10.9 Å². The highest BCUT2D eigenvalue weighted by Crippen LogP contribution is 2.16. The van der Waals surface area contributed by atoms with Crippen LogP contribution in [-0.4, -0.2) is 15.9 Å². The molecule has 1 aromatic carbocycles. The molecule has 0 atom stereocenters. The van der Waals surface area contributed by atoms with Gasteiger partial charge in [0.25, 0.3) is 5.91 Å². The summed E-state index contributed by atoms with van der Waals surface area (Å²) in [6, 6.07) is 12.8. The Balaban J connectivity index is 1.87. The van der Waals surface area contributed by atoms with Gasteiger partial charge >= 0.3 is 0 Å². The minimum Gasteiger partial charge on any atom is -0.351 e. The second-order valence-electron chi connectivity index (χ2n) is 4.08. The quantitative estimate of drug-likeness (QED) is 0.750. The summed E-state index contributed by atoms with van der Waals surface area (Å²) in [7, 11) is 0. The van der Waals surface area contributed by atoms with Gasteiger partial charge in [0.05, 0.1) is 0 Å². The zero-order valence-electron chi connectivity index (χ0n) is 9.85. The van der Waals surface area contributed by atoms with Crippen LogP contribution in [0.1, 0.15) is 10.5 Å². The third-order valence-corrected chi connectivity index (χ3v) is 2.97. The van der Waals surface area contributed by atoms with Crippen LogP contribution in [0.15, 0.2) is 48.7 Å². The molecule has 0 radical (unpaired) electrons. The number of aromatic nitrogens is 2. The Morgan fingerprint density at radius 3 is 2.84 bits per heavy atom. The lowest BCUT2D eigenvalue weighted by Crippen LogP contribution is -2.13. The van der Waals surface area contributed by atoms with Gasteiger partial charge in [0.1, 0.15) is 11.5 Å². The first-order valence-electron chi connectivity index (χ1n) is 5.73. The number of anilines is 1. The van der Waals surface area contributed by atoms with Gasteiger partial charge in [-0.3, -0.25) is 4.79 Å². The number of amides is 1. The van der Waals surface area contributed by atoms with Crippen LogP contribution in [0.2, 0.25) is 5.02 Å². The minimum atomic E-state index is -0.244. The summed E-state index contributed by atoms with van der Waals surface area (Å²) in [4.78, 5) is 19.2. The summed E-state index contributed by atoms with van der Waals surface area (Å²) in [6.45, 7) is 0. The fourth-order valence-electron chi connectivity index (χ4n) is 1.85. The molecule has 94 valence electrons. The number of pyridine rings is 1. The van der Waals surface area contributed by atoms with Gasteiger partial charge < -0.3 is 10.3 Å². The normalized spacial score (nSPS) is 10.6. The average molecular weight is 272 g/mol. The molecule has 0 aliphatic rings. The number of aromatic amines is 1. The maximum Gasteiger partial charge on any atom is 0.273 e. The Morgan fingerprint density at radius 2 is 2.05 bits per heavy atom. The van der Waals surface area contributed by atoms with Crippen molar-refractivity contribution in [2.45, 2.75) is 0 Å². The number of rotatable bonds is 2. The number of H-pyrrole nitrogens is 1. The van der Waals surface area contributed by atoms with Crippen LogP contribution in [0.5, 0.6) is 0 Å². The molecule has 4 nitrogen and oxygen atoms in total. The fraction of sp³-hybridized carbons (Fsp3) is 0. The lowest BCUT2D eigenvalue weighted by molar-refractivity contribution is 0.102. The largest absolute Gasteiger partial charge is 0.351 e. The van der Waals surface area contributed by atoms with E-state index in [1.165, 1.54) is 0 Å². The number of hydrogen-bond donors (Lipinski definition) is 2. The summed E-state index contributed by atoms with van der Waals surface area (Å²) in [5.74, 6) is 0.183. The van der Waals surface area contributed by atoms with Gasteiger partial charge in [-0.05, 0) is 24.3 Å². The van der Waals surface area contributed by atoms with Crippen molar-refractivity contribution >= 4 is 34.2 Å². The number of carbonyl (C=O) groups excluding carboxylic acids is 1. The van der Waals surface area contributed by atoms with Crippen molar-refractivity contribution in [2.75, 3.05) is 5.32 Å². The zero-order valence-corrected chi connectivity index (χ0v) is 10.6. The molecule has 2 aromatic heterocycles. The molecule has 0 unspecified atom stereocenters. The molecule has 5 heteroatoms. The summed E-state index contributed by atoms with van der Waals surface area (Å²) in [6.07, 6.45) is 1.54. The van der Waals surface area contributed by atoms with E-state index in [2.05, 4.69) is 15.3 Å². The van der Waals surface area contributed by atoms with Crippen LogP contribution in [0.4, 0.5) is 5.82 Å². The molecule has 0 saturated carbocycles. The first-order chi connectivity index (χ1) is 9.22. The van der Waals surface area contributed by atoms with Crippen molar-refractivity contribution in [2.24, 2.45) is 0 Å². The van der Waals surface area contributed by atoms with E-state index in [0.29, 0.717) is 16.5 Å². The molecule has 0 fully saturated rings. The lowest BCUT2D eigenvalue weighted by atomic mass is 10.2. The van der Waals surface area contributed by atoms with Gasteiger partial charge in [-0.15, -0.1) is 0 Å². The van der Waals surface area contributed by atoms with Gasteiger partial charge in [-0.25, -0.2) is 4.98 Å². The Labute approximate surface area is 114 Å². The van der Waals surface area contributed by atoms with E-state index in [4.69, 9.17) is 11.6 Å². The number of para-hydroxylation sites is 1. The summed E-state index contributed by atoms with van der Waals surface area (Å²) < 4.78 is 0. The number of nitrogens with zero attached hydrogens (tertiary/aromatic N) is 1. The number of nitrogens with one attached hydrogen (secondary N) is 2. The van der Waals surface area contributed by atoms with E-state index in [0.717, 1.165) is 10.9 Å². The standard InChI is InChI=1S/C14H10ClN3O/c15-10-5-6-16-13(8-10)18-14(19)12-7-9-3-1-2-4-11(9)17-12/h1-8,17H,(H,16,18,19). The van der Waals surface area contributed by atoms with Crippen LogP contribution < -0.4 is 5.32 Å². The summed E-state index contributed by atoms with van der Waals surface area (Å²) >= 11 is 5.84. The highest BCUT2D eigenvalue weighted by molar-refractivity contribution is 6.30. The number of benzene rings is 1. The molecule has 2 N–H and O–H groups in total. The maximum absolute atomic E-state index is 12.1. The molecule has 2 heterocycles. The molecule has 0 bridgehead atoms. The van der Waals surface area contributed by atoms with Gasteiger partial charge in [0.2, 0.25) is 0 Å². The predicted molar refractivity (Wildman–Crippen MR) is 75.5 cm³/mol. The first-order valence-corrected chi connectivity index (χ1v) is 6.11. The Morgan fingerprint density at radius 1 is 1.21 bits per heavy atom. The number of fused-ring (bicyclic) bond motifs is 1. The Kier molecular flexibility index (Phi) is 2.93.